The maximum absolute atomic E-state index is 2.92. The summed E-state index contributed by atoms with van der Waals surface area (Å²) in [6.45, 7) is 6.21. The van der Waals surface area contributed by atoms with Crippen molar-refractivity contribution in [2.24, 2.45) is 17.8 Å². The average Bonchev–Trinajstić information content (AvgIpc) is 2.63. The fraction of sp³-hybridized carbons (Fsp3) is 1.00. The highest BCUT2D eigenvalue weighted by Gasteiger charge is 2.42. The summed E-state index contributed by atoms with van der Waals surface area (Å²) in [6.07, 6.45) is 10.6. The van der Waals surface area contributed by atoms with Gasteiger partial charge in [0.1, 0.15) is 0 Å². The second-order valence-electron chi connectivity index (χ2n) is 6.77. The van der Waals surface area contributed by atoms with Crippen molar-refractivity contribution < 1.29 is 0 Å². The van der Waals surface area contributed by atoms with E-state index in [0.29, 0.717) is 0 Å². The topological polar surface area (TPSA) is 3.24 Å². The summed E-state index contributed by atoms with van der Waals surface area (Å²) < 4.78 is 0. The molecule has 3 aliphatic rings. The van der Waals surface area contributed by atoms with Crippen LogP contribution in [0.25, 0.3) is 0 Å². The van der Waals surface area contributed by atoms with Crippen molar-refractivity contribution in [3.63, 3.8) is 0 Å². The Bertz CT molecular complexity index is 242. The molecule has 2 atom stereocenters. The van der Waals surface area contributed by atoms with Crippen LogP contribution in [0.1, 0.15) is 58.8 Å². The Labute approximate surface area is 101 Å². The summed E-state index contributed by atoms with van der Waals surface area (Å²) in [5, 5.41) is 0. The van der Waals surface area contributed by atoms with Crippen molar-refractivity contribution in [3.05, 3.63) is 0 Å². The Morgan fingerprint density at radius 3 is 2.50 bits per heavy atom. The fourth-order valence-electron chi connectivity index (χ4n) is 4.39. The van der Waals surface area contributed by atoms with E-state index in [1.807, 2.05) is 0 Å². The Hall–Kier alpha value is -0.0400. The highest BCUT2D eigenvalue weighted by atomic mass is 15.2. The zero-order valence-corrected chi connectivity index (χ0v) is 11.0. The average molecular weight is 221 g/mol. The van der Waals surface area contributed by atoms with Gasteiger partial charge >= 0.3 is 0 Å². The van der Waals surface area contributed by atoms with E-state index in [-0.39, 0.29) is 0 Å². The van der Waals surface area contributed by atoms with Gasteiger partial charge in [0.25, 0.3) is 0 Å². The second-order valence-corrected chi connectivity index (χ2v) is 6.77. The lowest BCUT2D eigenvalue weighted by atomic mass is 9.71. The maximum Gasteiger partial charge on any atom is 0.0126 e. The first-order chi connectivity index (χ1) is 7.75. The van der Waals surface area contributed by atoms with Crippen molar-refractivity contribution in [2.45, 2.75) is 70.9 Å². The molecule has 1 heterocycles. The van der Waals surface area contributed by atoms with Gasteiger partial charge in [-0.05, 0) is 62.8 Å². The third-order valence-corrected chi connectivity index (χ3v) is 5.60. The molecule has 16 heavy (non-hydrogen) atoms. The van der Waals surface area contributed by atoms with E-state index in [0.717, 1.165) is 29.8 Å². The van der Waals surface area contributed by atoms with E-state index in [2.05, 4.69) is 18.7 Å². The minimum atomic E-state index is 0.917. The molecule has 0 aromatic heterocycles. The third kappa shape index (κ3) is 1.81. The molecule has 2 unspecified atom stereocenters. The van der Waals surface area contributed by atoms with E-state index in [1.165, 1.54) is 51.5 Å². The molecule has 0 aromatic rings. The summed E-state index contributed by atoms with van der Waals surface area (Å²) in [5.41, 5.74) is 0. The summed E-state index contributed by atoms with van der Waals surface area (Å²) in [7, 11) is 0. The predicted molar refractivity (Wildman–Crippen MR) is 68.4 cm³/mol. The summed E-state index contributed by atoms with van der Waals surface area (Å²) in [5.74, 6) is 3.03. The minimum Gasteiger partial charge on any atom is -0.297 e. The molecule has 1 aliphatic heterocycles. The van der Waals surface area contributed by atoms with Crippen LogP contribution >= 0.6 is 0 Å². The number of fused-ring (bicyclic) bond motifs is 1. The molecule has 0 spiro atoms. The molecule has 1 saturated heterocycles. The molecule has 0 radical (unpaired) electrons. The molecule has 92 valence electrons. The van der Waals surface area contributed by atoms with Gasteiger partial charge in [0, 0.05) is 12.1 Å². The quantitative estimate of drug-likeness (QED) is 0.687. The SMILES string of the molecule is CC(C)C1CC(N2CCCC3CCCC32)C1. The first kappa shape index (κ1) is 11.1. The Morgan fingerprint density at radius 2 is 1.75 bits per heavy atom. The normalized spacial score (nSPS) is 44.4. The minimum absolute atomic E-state index is 0.917. The lowest BCUT2D eigenvalue weighted by molar-refractivity contribution is -0.00721. The molecule has 1 heteroatoms. The van der Waals surface area contributed by atoms with Gasteiger partial charge in [-0.3, -0.25) is 4.90 Å². The molecule has 0 bridgehead atoms. The molecule has 3 rings (SSSR count). The number of nitrogens with zero attached hydrogens (tertiary/aromatic N) is 1. The van der Waals surface area contributed by atoms with Gasteiger partial charge in [0.15, 0.2) is 0 Å². The van der Waals surface area contributed by atoms with Crippen LogP contribution in [0.3, 0.4) is 0 Å². The van der Waals surface area contributed by atoms with E-state index < -0.39 is 0 Å². The molecule has 0 amide bonds. The molecule has 0 aromatic carbocycles. The van der Waals surface area contributed by atoms with Crippen molar-refractivity contribution in [1.29, 1.82) is 0 Å². The van der Waals surface area contributed by atoms with Gasteiger partial charge in [-0.2, -0.15) is 0 Å². The van der Waals surface area contributed by atoms with Gasteiger partial charge in [-0.15, -0.1) is 0 Å². The number of likely N-dealkylation sites (tertiary alicyclic amines) is 1. The van der Waals surface area contributed by atoms with E-state index >= 15 is 0 Å². The molecule has 2 saturated carbocycles. The van der Waals surface area contributed by atoms with Crippen LogP contribution in [0.2, 0.25) is 0 Å². The van der Waals surface area contributed by atoms with Crippen molar-refractivity contribution in [1.82, 2.24) is 4.90 Å². The number of hydrogen-bond donors (Lipinski definition) is 0. The number of hydrogen-bond acceptors (Lipinski definition) is 1. The Balaban J connectivity index is 1.59. The second kappa shape index (κ2) is 4.33. The lowest BCUT2D eigenvalue weighted by Gasteiger charge is -2.50. The van der Waals surface area contributed by atoms with Crippen LogP contribution in [0.5, 0.6) is 0 Å². The molecule has 1 nitrogen and oxygen atoms in total. The van der Waals surface area contributed by atoms with Crippen LogP contribution in [0.4, 0.5) is 0 Å². The number of piperidine rings is 1. The molecular weight excluding hydrogens is 194 g/mol. The van der Waals surface area contributed by atoms with Gasteiger partial charge in [0.05, 0.1) is 0 Å². The zero-order valence-electron chi connectivity index (χ0n) is 11.0. The summed E-state index contributed by atoms with van der Waals surface area (Å²) >= 11 is 0. The van der Waals surface area contributed by atoms with Crippen LogP contribution in [-0.4, -0.2) is 23.5 Å². The first-order valence-corrected chi connectivity index (χ1v) is 7.51. The summed E-state index contributed by atoms with van der Waals surface area (Å²) in [4.78, 5) is 2.92. The van der Waals surface area contributed by atoms with Crippen molar-refractivity contribution in [3.8, 4) is 0 Å². The Kier molecular flexibility index (Phi) is 2.99. The predicted octanol–water partition coefficient (Wildman–Crippen LogP) is 3.69. The standard InChI is InChI=1S/C15H27N/c1-11(2)13-9-14(10-13)16-8-4-6-12-5-3-7-15(12)16/h11-15H,3-10H2,1-2H3. The fourth-order valence-corrected chi connectivity index (χ4v) is 4.39. The molecular formula is C15H27N. The van der Waals surface area contributed by atoms with Crippen LogP contribution in [0, 0.1) is 17.8 Å². The largest absolute Gasteiger partial charge is 0.297 e. The molecule has 3 fully saturated rings. The highest BCUT2D eigenvalue weighted by Crippen LogP contribution is 2.44. The van der Waals surface area contributed by atoms with E-state index in [9.17, 15) is 0 Å². The van der Waals surface area contributed by atoms with Gasteiger partial charge in [0.2, 0.25) is 0 Å². The van der Waals surface area contributed by atoms with E-state index in [1.54, 1.807) is 0 Å². The molecule has 0 N–H and O–H groups in total. The van der Waals surface area contributed by atoms with Crippen LogP contribution in [0.15, 0.2) is 0 Å². The highest BCUT2D eigenvalue weighted by molar-refractivity contribution is 4.97. The number of rotatable bonds is 2. The first-order valence-electron chi connectivity index (χ1n) is 7.51. The van der Waals surface area contributed by atoms with Gasteiger partial charge < -0.3 is 0 Å². The van der Waals surface area contributed by atoms with Gasteiger partial charge in [-0.25, -0.2) is 0 Å². The van der Waals surface area contributed by atoms with Crippen LogP contribution < -0.4 is 0 Å². The zero-order chi connectivity index (χ0) is 11.1. The maximum atomic E-state index is 2.92. The van der Waals surface area contributed by atoms with E-state index in [4.69, 9.17) is 0 Å². The Morgan fingerprint density at radius 1 is 1.00 bits per heavy atom. The monoisotopic (exact) mass is 221 g/mol. The summed E-state index contributed by atoms with van der Waals surface area (Å²) in [6, 6.07) is 1.96. The van der Waals surface area contributed by atoms with Crippen molar-refractivity contribution >= 4 is 0 Å². The van der Waals surface area contributed by atoms with Gasteiger partial charge in [-0.1, -0.05) is 20.3 Å². The lowest BCUT2D eigenvalue weighted by Crippen LogP contribution is -2.54. The smallest absolute Gasteiger partial charge is 0.0126 e. The molecule has 2 aliphatic carbocycles. The van der Waals surface area contributed by atoms with Crippen LogP contribution in [-0.2, 0) is 0 Å². The third-order valence-electron chi connectivity index (χ3n) is 5.60. The van der Waals surface area contributed by atoms with Crippen molar-refractivity contribution in [2.75, 3.05) is 6.54 Å².